The number of nitrogens with two attached hydrogens (primary N) is 1. The highest BCUT2D eigenvalue weighted by Crippen LogP contribution is 2.23. The van der Waals surface area contributed by atoms with E-state index in [4.69, 9.17) is 5.73 Å². The van der Waals surface area contributed by atoms with Crippen molar-refractivity contribution in [2.24, 2.45) is 5.73 Å². The van der Waals surface area contributed by atoms with Crippen molar-refractivity contribution in [1.29, 1.82) is 0 Å². The lowest BCUT2D eigenvalue weighted by molar-refractivity contribution is 0.556. The molecule has 0 fully saturated rings. The van der Waals surface area contributed by atoms with Gasteiger partial charge in [-0.3, -0.25) is 0 Å². The quantitative estimate of drug-likeness (QED) is 0.861. The normalized spacial score (nSPS) is 11.3. The fraction of sp³-hybridized carbons (Fsp3) is 0.333. The van der Waals surface area contributed by atoms with Crippen molar-refractivity contribution in [3.8, 4) is 0 Å². The van der Waals surface area contributed by atoms with E-state index in [0.29, 0.717) is 12.4 Å². The summed E-state index contributed by atoms with van der Waals surface area (Å²) in [5.74, 6) is 1.47. The maximum Gasteiger partial charge on any atom is 0.144 e. The molecule has 19 heavy (non-hydrogen) atoms. The van der Waals surface area contributed by atoms with Gasteiger partial charge < -0.3 is 11.1 Å². The molecule has 100 valence electrons. The maximum absolute atomic E-state index is 5.54. The van der Waals surface area contributed by atoms with Crippen molar-refractivity contribution in [2.75, 3.05) is 11.9 Å². The Labute approximate surface area is 114 Å². The molecule has 0 atom stereocenters. The lowest BCUT2D eigenvalue weighted by Gasteiger charge is -2.26. The predicted octanol–water partition coefficient (Wildman–Crippen LogP) is 2.33. The van der Waals surface area contributed by atoms with E-state index in [9.17, 15) is 0 Å². The summed E-state index contributed by atoms with van der Waals surface area (Å²) in [5.41, 5.74) is 6.88. The van der Waals surface area contributed by atoms with Crippen LogP contribution < -0.4 is 11.1 Å². The van der Waals surface area contributed by atoms with Crippen molar-refractivity contribution in [2.45, 2.75) is 25.8 Å². The Kier molecular flexibility index (Phi) is 4.12. The van der Waals surface area contributed by atoms with E-state index in [2.05, 4.69) is 53.4 Å². The van der Waals surface area contributed by atoms with Crippen molar-refractivity contribution in [3.63, 3.8) is 0 Å². The molecule has 0 aliphatic heterocycles. The molecule has 3 N–H and O–H groups in total. The zero-order valence-electron chi connectivity index (χ0n) is 11.4. The SMILES string of the molecule is CC(C)(CNc1ccnc(CN)n1)c1ccccc1. The van der Waals surface area contributed by atoms with Crippen LogP contribution >= 0.6 is 0 Å². The number of aromatic nitrogens is 2. The molecule has 0 radical (unpaired) electrons. The molecule has 4 nitrogen and oxygen atoms in total. The molecule has 4 heteroatoms. The van der Waals surface area contributed by atoms with Gasteiger partial charge in [-0.15, -0.1) is 0 Å². The first-order valence-electron chi connectivity index (χ1n) is 6.43. The summed E-state index contributed by atoms with van der Waals surface area (Å²) in [6.45, 7) is 5.58. The average molecular weight is 256 g/mol. The molecule has 0 amide bonds. The van der Waals surface area contributed by atoms with Crippen molar-refractivity contribution in [3.05, 3.63) is 54.0 Å². The highest BCUT2D eigenvalue weighted by Gasteiger charge is 2.20. The van der Waals surface area contributed by atoms with Crippen LogP contribution in [0.3, 0.4) is 0 Å². The second-order valence-corrected chi connectivity index (χ2v) is 5.17. The Morgan fingerprint density at radius 3 is 2.58 bits per heavy atom. The summed E-state index contributed by atoms with van der Waals surface area (Å²) >= 11 is 0. The van der Waals surface area contributed by atoms with Crippen LogP contribution in [0.15, 0.2) is 42.6 Å². The predicted molar refractivity (Wildman–Crippen MR) is 77.9 cm³/mol. The van der Waals surface area contributed by atoms with Gasteiger partial charge in [0.2, 0.25) is 0 Å². The zero-order chi connectivity index (χ0) is 13.7. The van der Waals surface area contributed by atoms with Gasteiger partial charge in [0.05, 0.1) is 6.54 Å². The van der Waals surface area contributed by atoms with Gasteiger partial charge in [-0.05, 0) is 11.6 Å². The van der Waals surface area contributed by atoms with Crippen LogP contribution in [0.1, 0.15) is 25.2 Å². The van der Waals surface area contributed by atoms with Gasteiger partial charge in [0.25, 0.3) is 0 Å². The fourth-order valence-electron chi connectivity index (χ4n) is 1.90. The van der Waals surface area contributed by atoms with Crippen LogP contribution in [0, 0.1) is 0 Å². The largest absolute Gasteiger partial charge is 0.369 e. The number of hydrogen-bond donors (Lipinski definition) is 2. The highest BCUT2D eigenvalue weighted by molar-refractivity contribution is 5.35. The van der Waals surface area contributed by atoms with Crippen LogP contribution in [0.4, 0.5) is 5.82 Å². The second kappa shape index (κ2) is 5.80. The van der Waals surface area contributed by atoms with Crippen LogP contribution in [0.5, 0.6) is 0 Å². The topological polar surface area (TPSA) is 63.8 Å². The average Bonchev–Trinajstić information content (AvgIpc) is 2.46. The summed E-state index contributed by atoms with van der Waals surface area (Å²) in [6, 6.07) is 12.3. The lowest BCUT2D eigenvalue weighted by Crippen LogP contribution is -2.28. The van der Waals surface area contributed by atoms with E-state index in [0.717, 1.165) is 12.4 Å². The Morgan fingerprint density at radius 1 is 1.16 bits per heavy atom. The number of nitrogens with zero attached hydrogens (tertiary/aromatic N) is 2. The first-order chi connectivity index (χ1) is 9.12. The highest BCUT2D eigenvalue weighted by atomic mass is 15.0. The third-order valence-corrected chi connectivity index (χ3v) is 3.15. The number of rotatable bonds is 5. The monoisotopic (exact) mass is 256 g/mol. The van der Waals surface area contributed by atoms with Gasteiger partial charge in [-0.2, -0.15) is 0 Å². The van der Waals surface area contributed by atoms with Crippen LogP contribution in [0.25, 0.3) is 0 Å². The molecule has 1 aromatic carbocycles. The smallest absolute Gasteiger partial charge is 0.144 e. The molecule has 2 aromatic rings. The van der Waals surface area contributed by atoms with E-state index >= 15 is 0 Å². The van der Waals surface area contributed by atoms with Gasteiger partial charge >= 0.3 is 0 Å². The summed E-state index contributed by atoms with van der Waals surface area (Å²) in [4.78, 5) is 8.43. The molecule has 1 aromatic heterocycles. The molecule has 0 bridgehead atoms. The molecule has 0 spiro atoms. The maximum atomic E-state index is 5.54. The summed E-state index contributed by atoms with van der Waals surface area (Å²) in [7, 11) is 0. The van der Waals surface area contributed by atoms with Crippen LogP contribution in [-0.2, 0) is 12.0 Å². The standard InChI is InChI=1S/C15H20N4/c1-15(2,12-6-4-3-5-7-12)11-18-13-8-9-17-14(10-16)19-13/h3-9H,10-11,16H2,1-2H3,(H,17,18,19). The Hall–Kier alpha value is -1.94. The molecule has 0 saturated heterocycles. The Bertz CT molecular complexity index is 523. The molecule has 2 rings (SSSR count). The molecular formula is C15H20N4. The van der Waals surface area contributed by atoms with E-state index in [1.165, 1.54) is 5.56 Å². The fourth-order valence-corrected chi connectivity index (χ4v) is 1.90. The number of hydrogen-bond acceptors (Lipinski definition) is 4. The van der Waals surface area contributed by atoms with Gasteiger partial charge in [0.15, 0.2) is 0 Å². The van der Waals surface area contributed by atoms with E-state index in [1.807, 2.05) is 12.1 Å². The van der Waals surface area contributed by atoms with E-state index in [-0.39, 0.29) is 5.41 Å². The summed E-state index contributed by atoms with van der Waals surface area (Å²) in [5, 5.41) is 3.35. The van der Waals surface area contributed by atoms with E-state index < -0.39 is 0 Å². The van der Waals surface area contributed by atoms with Crippen LogP contribution in [0.2, 0.25) is 0 Å². The van der Waals surface area contributed by atoms with E-state index in [1.54, 1.807) is 6.20 Å². The third-order valence-electron chi connectivity index (χ3n) is 3.15. The van der Waals surface area contributed by atoms with Crippen LogP contribution in [-0.4, -0.2) is 16.5 Å². The Morgan fingerprint density at radius 2 is 1.89 bits per heavy atom. The molecule has 0 aliphatic carbocycles. The lowest BCUT2D eigenvalue weighted by atomic mass is 9.85. The van der Waals surface area contributed by atoms with Crippen molar-refractivity contribution >= 4 is 5.82 Å². The van der Waals surface area contributed by atoms with Gasteiger partial charge in [-0.1, -0.05) is 44.2 Å². The van der Waals surface area contributed by atoms with Gasteiger partial charge in [-0.25, -0.2) is 9.97 Å². The van der Waals surface area contributed by atoms with Crippen molar-refractivity contribution in [1.82, 2.24) is 9.97 Å². The molecule has 1 heterocycles. The van der Waals surface area contributed by atoms with Gasteiger partial charge in [0, 0.05) is 18.2 Å². The Balaban J connectivity index is 2.05. The third kappa shape index (κ3) is 3.51. The minimum atomic E-state index is 0.0368. The second-order valence-electron chi connectivity index (χ2n) is 5.17. The van der Waals surface area contributed by atoms with Crippen molar-refractivity contribution < 1.29 is 0 Å². The minimum Gasteiger partial charge on any atom is -0.369 e. The summed E-state index contributed by atoms with van der Waals surface area (Å²) < 4.78 is 0. The first-order valence-corrected chi connectivity index (χ1v) is 6.43. The van der Waals surface area contributed by atoms with Gasteiger partial charge in [0.1, 0.15) is 11.6 Å². The molecular weight excluding hydrogens is 236 g/mol. The molecule has 0 saturated carbocycles. The number of benzene rings is 1. The first kappa shape index (κ1) is 13.5. The minimum absolute atomic E-state index is 0.0368. The zero-order valence-corrected chi connectivity index (χ0v) is 11.4. The molecule has 0 aliphatic rings. The molecule has 0 unspecified atom stereocenters. The summed E-state index contributed by atoms with van der Waals surface area (Å²) in [6.07, 6.45) is 1.73. The number of nitrogens with one attached hydrogen (secondary N) is 1. The number of anilines is 1.